The molecule has 2 N–H and O–H groups in total. The van der Waals surface area contributed by atoms with Gasteiger partial charge in [-0.2, -0.15) is 10.1 Å². The molecule has 0 bridgehead atoms. The Morgan fingerprint density at radius 3 is 2.89 bits per heavy atom. The monoisotopic (exact) mass is 375 g/mol. The van der Waals surface area contributed by atoms with E-state index in [0.717, 1.165) is 60.1 Å². The summed E-state index contributed by atoms with van der Waals surface area (Å²) < 4.78 is 7.58. The third kappa shape index (κ3) is 2.56. The molecule has 1 spiro atoms. The third-order valence-electron chi connectivity index (χ3n) is 6.21. The van der Waals surface area contributed by atoms with E-state index in [-0.39, 0.29) is 5.60 Å². The molecule has 1 saturated heterocycles. The Labute approximate surface area is 161 Å². The summed E-state index contributed by atoms with van der Waals surface area (Å²) in [7, 11) is 0. The van der Waals surface area contributed by atoms with Crippen LogP contribution in [-0.4, -0.2) is 47.8 Å². The van der Waals surface area contributed by atoms with E-state index in [9.17, 15) is 0 Å². The first kappa shape index (κ1) is 16.0. The quantitative estimate of drug-likeness (QED) is 0.571. The first-order valence-electron chi connectivity index (χ1n) is 9.82. The predicted octanol–water partition coefficient (Wildman–Crippen LogP) is 3.18. The van der Waals surface area contributed by atoms with Crippen LogP contribution in [0.25, 0.3) is 27.8 Å². The van der Waals surface area contributed by atoms with Crippen LogP contribution < -0.4 is 5.32 Å². The summed E-state index contributed by atoms with van der Waals surface area (Å²) in [5.74, 6) is 0.683. The summed E-state index contributed by atoms with van der Waals surface area (Å²) >= 11 is 0. The number of pyridine rings is 1. The smallest absolute Gasteiger partial charge is 0.224 e. The van der Waals surface area contributed by atoms with Crippen LogP contribution in [0.1, 0.15) is 32.1 Å². The van der Waals surface area contributed by atoms with Gasteiger partial charge in [0.25, 0.3) is 0 Å². The molecule has 0 atom stereocenters. The molecular weight excluding hydrogens is 354 g/mol. The van der Waals surface area contributed by atoms with Crippen LogP contribution in [0.4, 0.5) is 5.95 Å². The van der Waals surface area contributed by atoms with Gasteiger partial charge in [-0.05, 0) is 44.2 Å². The fourth-order valence-electron chi connectivity index (χ4n) is 4.45. The van der Waals surface area contributed by atoms with E-state index in [1.807, 2.05) is 30.7 Å². The fraction of sp³-hybridized carbons (Fsp3) is 0.400. The summed E-state index contributed by atoms with van der Waals surface area (Å²) in [6, 6.07) is 4.41. The van der Waals surface area contributed by atoms with Crippen LogP contribution in [0.2, 0.25) is 0 Å². The lowest BCUT2D eigenvalue weighted by molar-refractivity contribution is -0.165. The van der Waals surface area contributed by atoms with Crippen molar-refractivity contribution in [1.29, 1.82) is 0 Å². The second-order valence-corrected chi connectivity index (χ2v) is 7.84. The summed E-state index contributed by atoms with van der Waals surface area (Å²) in [6.45, 7) is 0.927. The molecule has 2 aliphatic rings. The highest BCUT2D eigenvalue weighted by atomic mass is 16.5. The molecule has 0 aromatic carbocycles. The van der Waals surface area contributed by atoms with E-state index in [0.29, 0.717) is 12.0 Å². The van der Waals surface area contributed by atoms with Gasteiger partial charge in [0.05, 0.1) is 12.2 Å². The van der Waals surface area contributed by atoms with Gasteiger partial charge < -0.3 is 15.0 Å². The minimum Gasteiger partial charge on any atom is -0.375 e. The SMILES string of the molecule is c1nc2ccc(-c3c[nH]c4nc(N[C@H]5CC[C@@]6(CCO6)CC5)ncc34)cn2n1. The van der Waals surface area contributed by atoms with E-state index in [2.05, 4.69) is 25.4 Å². The molecule has 6 rings (SSSR count). The van der Waals surface area contributed by atoms with Gasteiger partial charge in [0, 0.05) is 41.1 Å². The number of hydrogen-bond donors (Lipinski definition) is 2. The van der Waals surface area contributed by atoms with Crippen molar-refractivity contribution in [3.63, 3.8) is 0 Å². The van der Waals surface area contributed by atoms with Crippen molar-refractivity contribution in [2.45, 2.75) is 43.7 Å². The van der Waals surface area contributed by atoms with Crippen molar-refractivity contribution in [1.82, 2.24) is 29.5 Å². The maximum atomic E-state index is 5.81. The number of nitrogens with one attached hydrogen (secondary N) is 2. The first-order chi connectivity index (χ1) is 13.8. The average molecular weight is 375 g/mol. The molecule has 8 heteroatoms. The van der Waals surface area contributed by atoms with Gasteiger partial charge in [0.15, 0.2) is 5.65 Å². The minimum atomic E-state index is 0.183. The maximum absolute atomic E-state index is 5.81. The number of rotatable bonds is 3. The third-order valence-corrected chi connectivity index (χ3v) is 6.21. The van der Waals surface area contributed by atoms with Crippen LogP contribution in [-0.2, 0) is 4.74 Å². The number of aromatic nitrogens is 6. The van der Waals surface area contributed by atoms with E-state index in [1.54, 1.807) is 10.8 Å². The summed E-state index contributed by atoms with van der Waals surface area (Å²) in [6.07, 6.45) is 13.1. The highest BCUT2D eigenvalue weighted by Crippen LogP contribution is 2.41. The Hall–Kier alpha value is -3.00. The molecule has 1 saturated carbocycles. The number of H-pyrrole nitrogens is 1. The largest absolute Gasteiger partial charge is 0.375 e. The van der Waals surface area contributed by atoms with Gasteiger partial charge in [-0.3, -0.25) is 0 Å². The van der Waals surface area contributed by atoms with Crippen LogP contribution >= 0.6 is 0 Å². The molecule has 8 nitrogen and oxygen atoms in total. The van der Waals surface area contributed by atoms with Crippen molar-refractivity contribution in [3.05, 3.63) is 37.1 Å². The minimum absolute atomic E-state index is 0.183. The molecule has 142 valence electrons. The van der Waals surface area contributed by atoms with Gasteiger partial charge in [-0.15, -0.1) is 0 Å². The molecule has 28 heavy (non-hydrogen) atoms. The molecular formula is C20H21N7O. The Morgan fingerprint density at radius 2 is 2.07 bits per heavy atom. The van der Waals surface area contributed by atoms with Crippen LogP contribution in [0.15, 0.2) is 37.1 Å². The van der Waals surface area contributed by atoms with Crippen molar-refractivity contribution in [2.24, 2.45) is 0 Å². The lowest BCUT2D eigenvalue weighted by Crippen LogP contribution is -2.48. The number of aromatic amines is 1. The van der Waals surface area contributed by atoms with Crippen molar-refractivity contribution >= 4 is 22.6 Å². The Balaban J connectivity index is 1.24. The Kier molecular flexibility index (Phi) is 3.43. The van der Waals surface area contributed by atoms with Gasteiger partial charge in [0.2, 0.25) is 5.95 Å². The second kappa shape index (κ2) is 6.00. The molecule has 0 radical (unpaired) electrons. The van der Waals surface area contributed by atoms with Crippen molar-refractivity contribution in [3.8, 4) is 11.1 Å². The lowest BCUT2D eigenvalue weighted by atomic mass is 9.77. The van der Waals surface area contributed by atoms with E-state index in [4.69, 9.17) is 9.72 Å². The van der Waals surface area contributed by atoms with Crippen LogP contribution in [0.3, 0.4) is 0 Å². The van der Waals surface area contributed by atoms with Gasteiger partial charge >= 0.3 is 0 Å². The number of fused-ring (bicyclic) bond motifs is 2. The zero-order chi connectivity index (χ0) is 18.6. The number of ether oxygens (including phenoxy) is 1. The zero-order valence-electron chi connectivity index (χ0n) is 15.4. The van der Waals surface area contributed by atoms with Gasteiger partial charge in [0.1, 0.15) is 12.0 Å². The summed E-state index contributed by atoms with van der Waals surface area (Å²) in [4.78, 5) is 16.7. The molecule has 2 fully saturated rings. The summed E-state index contributed by atoms with van der Waals surface area (Å²) in [5, 5.41) is 8.72. The topological polar surface area (TPSA) is 93.0 Å². The van der Waals surface area contributed by atoms with Gasteiger partial charge in [-0.25, -0.2) is 14.5 Å². The Bertz CT molecular complexity index is 1150. The molecule has 0 unspecified atom stereocenters. The molecule has 0 amide bonds. The molecule has 5 heterocycles. The number of nitrogens with zero attached hydrogens (tertiary/aromatic N) is 5. The maximum Gasteiger partial charge on any atom is 0.224 e. The van der Waals surface area contributed by atoms with E-state index >= 15 is 0 Å². The standard InChI is InChI=1S/C20H21N7O/c1-2-17-23-12-24-27(17)11-13(1)15-9-21-18-16(15)10-22-19(26-18)25-14-3-5-20(6-4-14)7-8-28-20/h1-2,9-12,14H,3-8H2,(H2,21,22,25,26)/t14-,20-. The highest BCUT2D eigenvalue weighted by molar-refractivity contribution is 5.93. The highest BCUT2D eigenvalue weighted by Gasteiger charge is 2.41. The van der Waals surface area contributed by atoms with Crippen LogP contribution in [0, 0.1) is 0 Å². The number of anilines is 1. The van der Waals surface area contributed by atoms with Crippen molar-refractivity contribution < 1.29 is 4.74 Å². The molecule has 1 aliphatic heterocycles. The lowest BCUT2D eigenvalue weighted by Gasteiger charge is -2.46. The van der Waals surface area contributed by atoms with Crippen molar-refractivity contribution in [2.75, 3.05) is 11.9 Å². The fourth-order valence-corrected chi connectivity index (χ4v) is 4.45. The normalized spacial score (nSPS) is 24.6. The van der Waals surface area contributed by atoms with Gasteiger partial charge in [-0.1, -0.05) is 0 Å². The van der Waals surface area contributed by atoms with E-state index in [1.165, 1.54) is 6.42 Å². The number of hydrogen-bond acceptors (Lipinski definition) is 6. The first-order valence-corrected chi connectivity index (χ1v) is 9.82. The second-order valence-electron chi connectivity index (χ2n) is 7.84. The Morgan fingerprint density at radius 1 is 1.18 bits per heavy atom. The summed E-state index contributed by atoms with van der Waals surface area (Å²) in [5.41, 5.74) is 3.95. The predicted molar refractivity (Wildman–Crippen MR) is 105 cm³/mol. The molecule has 1 aliphatic carbocycles. The molecule has 4 aromatic rings. The average Bonchev–Trinajstić information content (AvgIpc) is 3.33. The van der Waals surface area contributed by atoms with Crippen LogP contribution in [0.5, 0.6) is 0 Å². The zero-order valence-corrected chi connectivity index (χ0v) is 15.4. The van der Waals surface area contributed by atoms with E-state index < -0.39 is 0 Å². The molecule has 4 aromatic heterocycles.